The van der Waals surface area contributed by atoms with Crippen molar-refractivity contribution in [1.82, 2.24) is 9.99 Å². The highest BCUT2D eigenvalue weighted by atomic mass is 79.9. The number of halogens is 2. The highest BCUT2D eigenvalue weighted by Crippen LogP contribution is 2.66. The van der Waals surface area contributed by atoms with Gasteiger partial charge in [-0.2, -0.15) is 5.10 Å². The molecule has 0 spiro atoms. The normalized spacial score (nSPS) is 21.2. The fourth-order valence-corrected chi connectivity index (χ4v) is 3.90. The molecule has 1 fully saturated rings. The molecule has 1 aromatic heterocycles. The average Bonchev–Trinajstić information content (AvgIpc) is 2.90. The van der Waals surface area contributed by atoms with E-state index in [1.54, 1.807) is 35.0 Å². The zero-order valence-corrected chi connectivity index (χ0v) is 16.3. The Labute approximate surface area is 160 Å². The third kappa shape index (κ3) is 3.38. The van der Waals surface area contributed by atoms with Crippen molar-refractivity contribution < 1.29 is 9.72 Å². The van der Waals surface area contributed by atoms with Crippen LogP contribution in [0.5, 0.6) is 0 Å². The summed E-state index contributed by atoms with van der Waals surface area (Å²) < 4.78 is 1.37. The first-order valence-electron chi connectivity index (χ1n) is 7.38. The van der Waals surface area contributed by atoms with Crippen molar-refractivity contribution in [3.63, 3.8) is 0 Å². The lowest BCUT2D eigenvalue weighted by Crippen LogP contribution is -2.29. The van der Waals surface area contributed by atoms with Gasteiger partial charge >= 0.3 is 0 Å². The smallest absolute Gasteiger partial charge is 0.271 e. The third-order valence-corrected chi connectivity index (χ3v) is 6.53. The number of amides is 1. The summed E-state index contributed by atoms with van der Waals surface area (Å²) in [6, 6.07) is 9.89. The van der Waals surface area contributed by atoms with Gasteiger partial charge in [0.2, 0.25) is 5.91 Å². The van der Waals surface area contributed by atoms with Gasteiger partial charge in [0, 0.05) is 18.3 Å². The van der Waals surface area contributed by atoms with Gasteiger partial charge in [-0.05, 0) is 31.5 Å². The summed E-state index contributed by atoms with van der Waals surface area (Å²) in [5, 5.41) is 14.9. The van der Waals surface area contributed by atoms with E-state index >= 15 is 0 Å². The van der Waals surface area contributed by atoms with Crippen molar-refractivity contribution >= 4 is 49.7 Å². The van der Waals surface area contributed by atoms with Crippen LogP contribution >= 0.6 is 31.9 Å². The van der Waals surface area contributed by atoms with Gasteiger partial charge in [-0.3, -0.25) is 14.9 Å². The number of alkyl halides is 2. The Morgan fingerprint density at radius 2 is 2.12 bits per heavy atom. The lowest BCUT2D eigenvalue weighted by Gasteiger charge is -2.10. The fourth-order valence-electron chi connectivity index (χ4n) is 2.42. The number of carbonyl (C=O) groups is 1. The number of nitro benzene ring substituents is 1. The largest absolute Gasteiger partial charge is 0.315 e. The zero-order valence-electron chi connectivity index (χ0n) is 13.1. The van der Waals surface area contributed by atoms with Gasteiger partial charge in [-0.15, -0.1) is 0 Å². The number of nitro groups is 1. The average molecular weight is 470 g/mol. The second-order valence-electron chi connectivity index (χ2n) is 5.99. The van der Waals surface area contributed by atoms with Crippen molar-refractivity contribution in [1.29, 1.82) is 0 Å². The number of hydrogen-bond acceptors (Lipinski definition) is 4. The molecule has 2 aromatic rings. The van der Waals surface area contributed by atoms with E-state index in [0.29, 0.717) is 17.8 Å². The van der Waals surface area contributed by atoms with E-state index in [-0.39, 0.29) is 14.8 Å². The van der Waals surface area contributed by atoms with Crippen molar-refractivity contribution in [2.75, 3.05) is 0 Å². The van der Waals surface area contributed by atoms with Crippen LogP contribution in [0.1, 0.15) is 19.0 Å². The molecule has 1 N–H and O–H groups in total. The summed E-state index contributed by atoms with van der Waals surface area (Å²) in [4.78, 5) is 22.7. The maximum atomic E-state index is 12.2. The molecular formula is C16H14Br2N4O3. The fraction of sp³-hybridized carbons (Fsp3) is 0.250. The van der Waals surface area contributed by atoms with Gasteiger partial charge in [-0.25, -0.2) is 5.43 Å². The highest BCUT2D eigenvalue weighted by Gasteiger charge is 2.66. The molecule has 0 bridgehead atoms. The van der Waals surface area contributed by atoms with Gasteiger partial charge in [0.15, 0.2) is 0 Å². The van der Waals surface area contributed by atoms with Gasteiger partial charge in [0.05, 0.1) is 31.2 Å². The molecule has 1 saturated carbocycles. The highest BCUT2D eigenvalue weighted by molar-refractivity contribution is 9.25. The lowest BCUT2D eigenvalue weighted by atomic mass is 10.1. The summed E-state index contributed by atoms with van der Waals surface area (Å²) in [6.45, 7) is 1.84. The van der Waals surface area contributed by atoms with E-state index in [4.69, 9.17) is 0 Å². The van der Waals surface area contributed by atoms with Crippen LogP contribution in [-0.2, 0) is 4.79 Å². The SMILES string of the molecule is C[C@@]1(C(=O)NN=Cc2cccn2-c2cccc([N+](=O)[O-])c2)CC1(Br)Br. The standard InChI is InChI=1S/C16H14Br2N4O3/c1-15(10-16(15,17)18)14(23)20-19-9-13-6-3-7-21(13)11-4-2-5-12(8-11)22(24)25/h2-9H,10H2,1H3,(H,20,23)/t15-/m0/s1. The Bertz CT molecular complexity index is 878. The quantitative estimate of drug-likeness (QED) is 0.313. The summed E-state index contributed by atoms with van der Waals surface area (Å²) in [5.74, 6) is -0.189. The minimum Gasteiger partial charge on any atom is -0.315 e. The molecule has 1 atom stereocenters. The topological polar surface area (TPSA) is 89.5 Å². The van der Waals surface area contributed by atoms with Crippen molar-refractivity contribution in [2.45, 2.75) is 16.6 Å². The number of hydrogen-bond donors (Lipinski definition) is 1. The second-order valence-corrected chi connectivity index (χ2v) is 9.76. The Morgan fingerprint density at radius 1 is 1.40 bits per heavy atom. The number of rotatable bonds is 5. The van der Waals surface area contributed by atoms with Crippen molar-refractivity contribution in [3.05, 3.63) is 58.4 Å². The first-order chi connectivity index (χ1) is 11.7. The third-order valence-electron chi connectivity index (χ3n) is 4.22. The number of aromatic nitrogens is 1. The number of nitrogens with zero attached hydrogens (tertiary/aromatic N) is 3. The lowest BCUT2D eigenvalue weighted by molar-refractivity contribution is -0.384. The second kappa shape index (κ2) is 6.38. The van der Waals surface area contributed by atoms with Crippen molar-refractivity contribution in [2.24, 2.45) is 10.5 Å². The molecule has 0 unspecified atom stereocenters. The van der Waals surface area contributed by atoms with Crippen LogP contribution in [-0.4, -0.2) is 24.8 Å². The van der Waals surface area contributed by atoms with Gasteiger partial charge in [-0.1, -0.05) is 37.9 Å². The molecule has 1 heterocycles. The van der Waals surface area contributed by atoms with E-state index in [9.17, 15) is 14.9 Å². The molecule has 0 radical (unpaired) electrons. The number of non-ortho nitro benzene ring substituents is 1. The maximum absolute atomic E-state index is 12.2. The zero-order chi connectivity index (χ0) is 18.2. The number of hydrazone groups is 1. The van der Waals surface area contributed by atoms with E-state index in [2.05, 4.69) is 42.4 Å². The van der Waals surface area contributed by atoms with Gasteiger partial charge in [0.25, 0.3) is 5.69 Å². The molecular weight excluding hydrogens is 456 g/mol. The summed E-state index contributed by atoms with van der Waals surface area (Å²) in [7, 11) is 0. The summed E-state index contributed by atoms with van der Waals surface area (Å²) in [5.41, 5.74) is 3.32. The molecule has 3 rings (SSSR count). The summed E-state index contributed by atoms with van der Waals surface area (Å²) >= 11 is 6.89. The molecule has 1 aliphatic rings. The van der Waals surface area contributed by atoms with E-state index in [1.165, 1.54) is 18.3 Å². The number of nitrogens with one attached hydrogen (secondary N) is 1. The first kappa shape index (κ1) is 17.8. The Balaban J connectivity index is 1.75. The van der Waals surface area contributed by atoms with Crippen LogP contribution in [0.15, 0.2) is 47.7 Å². The molecule has 0 aliphatic heterocycles. The van der Waals surface area contributed by atoms with E-state index in [0.717, 1.165) is 0 Å². The summed E-state index contributed by atoms with van der Waals surface area (Å²) in [6.07, 6.45) is 3.95. The molecule has 25 heavy (non-hydrogen) atoms. The maximum Gasteiger partial charge on any atom is 0.271 e. The van der Waals surface area contributed by atoms with E-state index < -0.39 is 10.3 Å². The molecule has 1 amide bonds. The Kier molecular flexibility index (Phi) is 4.54. The Morgan fingerprint density at radius 3 is 2.76 bits per heavy atom. The molecule has 1 aromatic carbocycles. The van der Waals surface area contributed by atoms with Crippen LogP contribution in [0.25, 0.3) is 5.69 Å². The minimum atomic E-state index is -0.549. The van der Waals surface area contributed by atoms with Crippen LogP contribution in [0.3, 0.4) is 0 Å². The van der Waals surface area contributed by atoms with Crippen LogP contribution in [0, 0.1) is 15.5 Å². The molecule has 0 saturated heterocycles. The van der Waals surface area contributed by atoms with Crippen LogP contribution in [0.2, 0.25) is 0 Å². The van der Waals surface area contributed by atoms with Gasteiger partial charge < -0.3 is 4.57 Å². The monoisotopic (exact) mass is 468 g/mol. The number of carbonyl (C=O) groups excluding carboxylic acids is 1. The van der Waals surface area contributed by atoms with Crippen LogP contribution in [0.4, 0.5) is 5.69 Å². The molecule has 7 nitrogen and oxygen atoms in total. The molecule has 9 heteroatoms. The van der Waals surface area contributed by atoms with Crippen molar-refractivity contribution in [3.8, 4) is 5.69 Å². The molecule has 130 valence electrons. The van der Waals surface area contributed by atoms with Gasteiger partial charge in [0.1, 0.15) is 0 Å². The predicted molar refractivity (Wildman–Crippen MR) is 101 cm³/mol. The molecule has 1 aliphatic carbocycles. The number of benzene rings is 1. The van der Waals surface area contributed by atoms with E-state index in [1.807, 2.05) is 6.92 Å². The van der Waals surface area contributed by atoms with Crippen LogP contribution < -0.4 is 5.43 Å². The Hall–Kier alpha value is -2.00. The predicted octanol–water partition coefficient (Wildman–Crippen LogP) is 3.73. The first-order valence-corrected chi connectivity index (χ1v) is 8.97. The minimum absolute atomic E-state index is 0.00929.